The van der Waals surface area contributed by atoms with E-state index in [0.29, 0.717) is 15.2 Å². The van der Waals surface area contributed by atoms with E-state index in [1.807, 2.05) is 0 Å². The number of rotatable bonds is 3. The average Bonchev–Trinajstić information content (AvgIpc) is 2.48. The van der Waals surface area contributed by atoms with Gasteiger partial charge in [-0.15, -0.1) is 0 Å². The highest BCUT2D eigenvalue weighted by Gasteiger charge is 2.17. The zero-order valence-electron chi connectivity index (χ0n) is 10.9. The van der Waals surface area contributed by atoms with Crippen LogP contribution in [0.1, 0.15) is 20.8 Å². The maximum Gasteiger partial charge on any atom is 0.340 e. The fourth-order valence-electron chi connectivity index (χ4n) is 1.64. The second-order valence-corrected chi connectivity index (χ2v) is 5.26. The lowest BCUT2D eigenvalue weighted by atomic mass is 10.1. The Balaban J connectivity index is 2.34. The molecule has 0 spiro atoms. The van der Waals surface area contributed by atoms with Gasteiger partial charge in [-0.3, -0.25) is 4.79 Å². The molecule has 0 bridgehead atoms. The van der Waals surface area contributed by atoms with Crippen LogP contribution >= 0.6 is 27.5 Å². The summed E-state index contributed by atoms with van der Waals surface area (Å²) in [6, 6.07) is 7.92. The van der Waals surface area contributed by atoms with Gasteiger partial charge < -0.3 is 10.1 Å². The number of anilines is 1. The molecule has 0 fully saturated rings. The molecular weight excluding hydrogens is 360 g/mol. The number of halogens is 2. The first-order chi connectivity index (χ1) is 10.0. The molecule has 21 heavy (non-hydrogen) atoms. The molecule has 1 heterocycles. The fourth-order valence-corrected chi connectivity index (χ4v) is 2.25. The average molecular weight is 370 g/mol. The van der Waals surface area contributed by atoms with E-state index in [9.17, 15) is 9.59 Å². The third kappa shape index (κ3) is 3.59. The van der Waals surface area contributed by atoms with Crippen molar-refractivity contribution >= 4 is 45.1 Å². The quantitative estimate of drug-likeness (QED) is 0.840. The van der Waals surface area contributed by atoms with Gasteiger partial charge in [0.05, 0.1) is 18.4 Å². The summed E-state index contributed by atoms with van der Waals surface area (Å²) < 4.78 is 5.22. The first kappa shape index (κ1) is 15.5. The molecule has 0 aliphatic rings. The topological polar surface area (TPSA) is 68.3 Å². The maximum absolute atomic E-state index is 12.2. The van der Waals surface area contributed by atoms with Crippen molar-refractivity contribution in [1.82, 2.24) is 4.98 Å². The minimum absolute atomic E-state index is 0.172. The van der Waals surface area contributed by atoms with E-state index in [1.54, 1.807) is 18.2 Å². The molecule has 0 aliphatic carbocycles. The molecule has 5 nitrogen and oxygen atoms in total. The Morgan fingerprint density at radius 2 is 2.10 bits per heavy atom. The van der Waals surface area contributed by atoms with Crippen LogP contribution in [0, 0.1) is 0 Å². The summed E-state index contributed by atoms with van der Waals surface area (Å²) in [7, 11) is 1.25. The number of nitrogens with one attached hydrogen (secondary N) is 1. The van der Waals surface area contributed by atoms with Crippen molar-refractivity contribution in [2.24, 2.45) is 0 Å². The number of carbonyl (C=O) groups is 2. The number of carbonyl (C=O) groups excluding carboxylic acids is 2. The predicted molar refractivity (Wildman–Crippen MR) is 82.7 cm³/mol. The molecule has 0 saturated heterocycles. The number of amides is 1. The van der Waals surface area contributed by atoms with Crippen molar-refractivity contribution in [3.8, 4) is 0 Å². The second kappa shape index (κ2) is 6.69. The number of esters is 1. The Morgan fingerprint density at radius 3 is 2.76 bits per heavy atom. The standard InChI is InChI=1S/C14H10BrClN2O3/c1-21-14(20)9-7-8(16)4-5-11(9)18-13(19)12-10(15)3-2-6-17-12/h2-7H,1H3,(H,18,19). The lowest BCUT2D eigenvalue weighted by Gasteiger charge is -2.10. The molecule has 0 saturated carbocycles. The van der Waals surface area contributed by atoms with E-state index in [-0.39, 0.29) is 11.3 Å². The van der Waals surface area contributed by atoms with Crippen LogP contribution in [0.4, 0.5) is 5.69 Å². The number of benzene rings is 1. The summed E-state index contributed by atoms with van der Waals surface area (Å²) in [5.74, 6) is -1.04. The first-order valence-corrected chi connectivity index (χ1v) is 6.99. The van der Waals surface area contributed by atoms with Gasteiger partial charge in [0, 0.05) is 15.7 Å². The highest BCUT2D eigenvalue weighted by Crippen LogP contribution is 2.23. The molecule has 0 atom stereocenters. The van der Waals surface area contributed by atoms with Crippen LogP contribution in [0.3, 0.4) is 0 Å². The predicted octanol–water partition coefficient (Wildman–Crippen LogP) is 3.54. The van der Waals surface area contributed by atoms with Gasteiger partial charge in [-0.1, -0.05) is 11.6 Å². The minimum atomic E-state index is -0.590. The summed E-state index contributed by atoms with van der Waals surface area (Å²) in [5, 5.41) is 2.99. The SMILES string of the molecule is COC(=O)c1cc(Cl)ccc1NC(=O)c1ncccc1Br. The zero-order chi connectivity index (χ0) is 15.4. The molecule has 1 aromatic heterocycles. The van der Waals surface area contributed by atoms with Gasteiger partial charge in [-0.2, -0.15) is 0 Å². The number of hydrogen-bond donors (Lipinski definition) is 1. The molecule has 1 aromatic carbocycles. The Kier molecular flexibility index (Phi) is 4.93. The normalized spacial score (nSPS) is 10.0. The third-order valence-corrected chi connectivity index (χ3v) is 3.48. The Bertz CT molecular complexity index is 706. The van der Waals surface area contributed by atoms with Gasteiger partial charge in [0.25, 0.3) is 5.91 Å². The molecule has 108 valence electrons. The Labute approximate surface area is 134 Å². The molecule has 1 amide bonds. The summed E-state index contributed by atoms with van der Waals surface area (Å²) >= 11 is 9.10. The molecule has 0 aliphatic heterocycles. The summed E-state index contributed by atoms with van der Waals surface area (Å²) in [4.78, 5) is 27.9. The first-order valence-electron chi connectivity index (χ1n) is 5.82. The van der Waals surface area contributed by atoms with Crippen LogP contribution in [0.5, 0.6) is 0 Å². The van der Waals surface area contributed by atoms with Crippen LogP contribution < -0.4 is 5.32 Å². The van der Waals surface area contributed by atoms with Crippen molar-refractivity contribution in [2.75, 3.05) is 12.4 Å². The van der Waals surface area contributed by atoms with Crippen LogP contribution in [-0.4, -0.2) is 24.0 Å². The van der Waals surface area contributed by atoms with Gasteiger partial charge >= 0.3 is 5.97 Å². The van der Waals surface area contributed by atoms with E-state index < -0.39 is 11.9 Å². The van der Waals surface area contributed by atoms with Crippen molar-refractivity contribution in [2.45, 2.75) is 0 Å². The van der Waals surface area contributed by atoms with E-state index in [0.717, 1.165) is 0 Å². The van der Waals surface area contributed by atoms with Gasteiger partial charge in [-0.25, -0.2) is 9.78 Å². The maximum atomic E-state index is 12.2. The van der Waals surface area contributed by atoms with E-state index in [1.165, 1.54) is 25.4 Å². The Morgan fingerprint density at radius 1 is 1.33 bits per heavy atom. The summed E-state index contributed by atoms with van der Waals surface area (Å²) in [5.41, 5.74) is 0.683. The van der Waals surface area contributed by atoms with Crippen molar-refractivity contribution < 1.29 is 14.3 Å². The van der Waals surface area contributed by atoms with Crippen LogP contribution in [0.15, 0.2) is 41.0 Å². The van der Waals surface area contributed by atoms with Gasteiger partial charge in [-0.05, 0) is 46.3 Å². The van der Waals surface area contributed by atoms with E-state index >= 15 is 0 Å². The minimum Gasteiger partial charge on any atom is -0.465 e. The highest BCUT2D eigenvalue weighted by atomic mass is 79.9. The number of pyridine rings is 1. The molecule has 7 heteroatoms. The second-order valence-electron chi connectivity index (χ2n) is 3.97. The van der Waals surface area contributed by atoms with Crippen molar-refractivity contribution in [3.63, 3.8) is 0 Å². The zero-order valence-corrected chi connectivity index (χ0v) is 13.2. The lowest BCUT2D eigenvalue weighted by Crippen LogP contribution is -2.17. The van der Waals surface area contributed by atoms with Crippen LogP contribution in [0.25, 0.3) is 0 Å². The number of hydrogen-bond acceptors (Lipinski definition) is 4. The number of methoxy groups -OCH3 is 1. The number of aromatic nitrogens is 1. The largest absolute Gasteiger partial charge is 0.465 e. The third-order valence-electron chi connectivity index (χ3n) is 2.61. The van der Waals surface area contributed by atoms with Gasteiger partial charge in [0.1, 0.15) is 5.69 Å². The van der Waals surface area contributed by atoms with E-state index in [2.05, 4.69) is 31.0 Å². The fraction of sp³-hybridized carbons (Fsp3) is 0.0714. The Hall–Kier alpha value is -1.92. The molecule has 2 aromatic rings. The summed E-state index contributed by atoms with van der Waals surface area (Å²) in [6.45, 7) is 0. The number of ether oxygens (including phenoxy) is 1. The summed E-state index contributed by atoms with van der Waals surface area (Å²) in [6.07, 6.45) is 1.50. The van der Waals surface area contributed by atoms with Gasteiger partial charge in [0.15, 0.2) is 0 Å². The van der Waals surface area contributed by atoms with Crippen molar-refractivity contribution in [3.05, 3.63) is 57.3 Å². The van der Waals surface area contributed by atoms with Crippen LogP contribution in [0.2, 0.25) is 5.02 Å². The molecule has 1 N–H and O–H groups in total. The molecule has 0 unspecified atom stereocenters. The molecule has 0 radical (unpaired) electrons. The van der Waals surface area contributed by atoms with Gasteiger partial charge in [0.2, 0.25) is 0 Å². The lowest BCUT2D eigenvalue weighted by molar-refractivity contribution is 0.0602. The monoisotopic (exact) mass is 368 g/mol. The molecular formula is C14H10BrClN2O3. The van der Waals surface area contributed by atoms with Crippen molar-refractivity contribution in [1.29, 1.82) is 0 Å². The van der Waals surface area contributed by atoms with E-state index in [4.69, 9.17) is 11.6 Å². The highest BCUT2D eigenvalue weighted by molar-refractivity contribution is 9.10. The van der Waals surface area contributed by atoms with Crippen LogP contribution in [-0.2, 0) is 4.74 Å². The smallest absolute Gasteiger partial charge is 0.340 e. The molecule has 2 rings (SSSR count). The number of nitrogens with zero attached hydrogens (tertiary/aromatic N) is 1.